The number of ether oxygens (including phenoxy) is 2. The molecule has 0 atom stereocenters. The fourth-order valence-corrected chi connectivity index (χ4v) is 4.19. The van der Waals surface area contributed by atoms with Crippen LogP contribution in [-0.2, 0) is 10.0 Å². The molecule has 12 heteroatoms. The number of carbonyl (C=O) groups is 1. The Bertz CT molecular complexity index is 1140. The van der Waals surface area contributed by atoms with Crippen LogP contribution in [0.5, 0.6) is 11.6 Å². The number of anilines is 1. The summed E-state index contributed by atoms with van der Waals surface area (Å²) in [6, 6.07) is 3.85. The number of hydrogen-bond donors (Lipinski definition) is 1. The minimum atomic E-state index is -3.84. The lowest BCUT2D eigenvalue weighted by Gasteiger charge is -2.33. The molecule has 0 radical (unpaired) electrons. The van der Waals surface area contributed by atoms with E-state index in [0.717, 1.165) is 24.1 Å². The molecule has 0 aliphatic carbocycles. The van der Waals surface area contributed by atoms with Crippen LogP contribution in [-0.4, -0.2) is 50.9 Å². The third kappa shape index (κ3) is 6.84. The van der Waals surface area contributed by atoms with Crippen molar-refractivity contribution in [3.05, 3.63) is 45.8 Å². The van der Waals surface area contributed by atoms with Crippen LogP contribution in [0, 0.1) is 5.82 Å². The van der Waals surface area contributed by atoms with Crippen LogP contribution in [0.4, 0.5) is 10.1 Å². The Balaban J connectivity index is 1.62. The largest absolute Gasteiger partial charge is 0.489 e. The predicted molar refractivity (Wildman–Crippen MR) is 125 cm³/mol. The number of piperidine rings is 1. The zero-order chi connectivity index (χ0) is 24.3. The van der Waals surface area contributed by atoms with E-state index < -0.39 is 27.3 Å². The molecule has 1 N–H and O–H groups in total. The number of rotatable bonds is 7. The highest BCUT2D eigenvalue weighted by atomic mass is 35.5. The van der Waals surface area contributed by atoms with Gasteiger partial charge in [-0.05, 0) is 26.0 Å². The van der Waals surface area contributed by atoms with E-state index >= 15 is 0 Å². The van der Waals surface area contributed by atoms with Gasteiger partial charge in [-0.3, -0.25) is 4.79 Å². The highest BCUT2D eigenvalue weighted by Crippen LogP contribution is 2.32. The Hall–Kier alpha value is -2.30. The molecule has 1 saturated heterocycles. The SMILES string of the molecule is CC(C)Oc1ncc(N2CCC(Oc3cc(F)c(C(=O)NS(C)(=O)=O)cc3Cl)CC2)cc1Cl. The van der Waals surface area contributed by atoms with E-state index in [9.17, 15) is 17.6 Å². The number of halogens is 3. The molecule has 2 heterocycles. The van der Waals surface area contributed by atoms with Crippen LogP contribution in [0.2, 0.25) is 10.0 Å². The van der Waals surface area contributed by atoms with Crippen LogP contribution >= 0.6 is 23.2 Å². The first kappa shape index (κ1) is 25.3. The molecule has 2 aromatic rings. The molecule has 1 aromatic heterocycles. The Morgan fingerprint density at radius 3 is 2.45 bits per heavy atom. The lowest BCUT2D eigenvalue weighted by atomic mass is 10.1. The average molecular weight is 520 g/mol. The zero-order valence-corrected chi connectivity index (χ0v) is 20.6. The smallest absolute Gasteiger partial charge is 0.267 e. The fourth-order valence-electron chi connectivity index (χ4n) is 3.33. The summed E-state index contributed by atoms with van der Waals surface area (Å²) >= 11 is 12.4. The third-order valence-corrected chi connectivity index (χ3v) is 5.91. The van der Waals surface area contributed by atoms with Gasteiger partial charge in [0.25, 0.3) is 5.91 Å². The first-order chi connectivity index (χ1) is 15.4. The van der Waals surface area contributed by atoms with Crippen molar-refractivity contribution >= 4 is 44.8 Å². The minimum absolute atomic E-state index is 0.00852. The van der Waals surface area contributed by atoms with E-state index in [1.54, 1.807) is 17.0 Å². The fraction of sp³-hybridized carbons (Fsp3) is 0.429. The lowest BCUT2D eigenvalue weighted by molar-refractivity contribution is 0.0977. The van der Waals surface area contributed by atoms with Crippen LogP contribution in [0.3, 0.4) is 0 Å². The summed E-state index contributed by atoms with van der Waals surface area (Å²) in [6.07, 6.45) is 3.52. The summed E-state index contributed by atoms with van der Waals surface area (Å²) in [4.78, 5) is 18.3. The highest BCUT2D eigenvalue weighted by molar-refractivity contribution is 7.89. The van der Waals surface area contributed by atoms with Gasteiger partial charge in [-0.2, -0.15) is 0 Å². The molecule has 1 aromatic carbocycles. The van der Waals surface area contributed by atoms with Gasteiger partial charge in [-0.25, -0.2) is 22.5 Å². The summed E-state index contributed by atoms with van der Waals surface area (Å²) in [5, 5.41) is 0.441. The number of aromatic nitrogens is 1. The van der Waals surface area contributed by atoms with Gasteiger partial charge >= 0.3 is 0 Å². The number of sulfonamides is 1. The molecule has 33 heavy (non-hydrogen) atoms. The van der Waals surface area contributed by atoms with Crippen molar-refractivity contribution in [1.29, 1.82) is 0 Å². The first-order valence-corrected chi connectivity index (χ1v) is 12.8. The maximum absolute atomic E-state index is 14.4. The van der Waals surface area contributed by atoms with Gasteiger partial charge in [-0.1, -0.05) is 23.2 Å². The molecule has 8 nitrogen and oxygen atoms in total. The van der Waals surface area contributed by atoms with E-state index in [1.165, 1.54) is 0 Å². The second-order valence-corrected chi connectivity index (χ2v) is 10.5. The molecule has 0 unspecified atom stereocenters. The van der Waals surface area contributed by atoms with Gasteiger partial charge in [0.15, 0.2) is 0 Å². The molecule has 0 saturated carbocycles. The molecular formula is C21H24Cl2FN3O5S. The van der Waals surface area contributed by atoms with Crippen molar-refractivity contribution in [2.75, 3.05) is 24.2 Å². The van der Waals surface area contributed by atoms with Crippen molar-refractivity contribution in [3.8, 4) is 11.6 Å². The molecule has 1 fully saturated rings. The van der Waals surface area contributed by atoms with Crippen LogP contribution in [0.15, 0.2) is 24.4 Å². The summed E-state index contributed by atoms with van der Waals surface area (Å²) in [7, 11) is -3.84. The second kappa shape index (κ2) is 10.3. The molecule has 1 amide bonds. The molecule has 0 bridgehead atoms. The van der Waals surface area contributed by atoms with E-state index in [2.05, 4.69) is 9.88 Å². The van der Waals surface area contributed by atoms with Crippen molar-refractivity contribution in [3.63, 3.8) is 0 Å². The van der Waals surface area contributed by atoms with E-state index in [0.29, 0.717) is 36.8 Å². The van der Waals surface area contributed by atoms with E-state index in [1.807, 2.05) is 13.8 Å². The number of hydrogen-bond acceptors (Lipinski definition) is 7. The van der Waals surface area contributed by atoms with E-state index in [-0.39, 0.29) is 23.0 Å². The van der Waals surface area contributed by atoms with Gasteiger partial charge in [0.2, 0.25) is 15.9 Å². The van der Waals surface area contributed by atoms with Gasteiger partial charge in [0, 0.05) is 32.0 Å². The first-order valence-electron chi connectivity index (χ1n) is 10.2. The number of nitrogens with zero attached hydrogens (tertiary/aromatic N) is 2. The van der Waals surface area contributed by atoms with Gasteiger partial charge in [-0.15, -0.1) is 0 Å². The zero-order valence-electron chi connectivity index (χ0n) is 18.3. The molecule has 1 aliphatic heterocycles. The normalized spacial score (nSPS) is 14.9. The Labute approximate surface area is 202 Å². The number of amides is 1. The van der Waals surface area contributed by atoms with Gasteiger partial charge in [0.1, 0.15) is 22.7 Å². The standard InChI is InChI=1S/C21H24Cl2FN3O5S/c1-12(2)31-21-17(23)8-13(11-25-21)27-6-4-14(5-7-27)32-19-10-18(24)15(9-16(19)22)20(28)26-33(3,29)30/h8-12,14H,4-7H2,1-3H3,(H,26,28). The van der Waals surface area contributed by atoms with E-state index in [4.69, 9.17) is 32.7 Å². The van der Waals surface area contributed by atoms with Crippen molar-refractivity contribution in [2.45, 2.75) is 38.9 Å². The number of benzene rings is 1. The lowest BCUT2D eigenvalue weighted by Crippen LogP contribution is -2.38. The summed E-state index contributed by atoms with van der Waals surface area (Å²) in [5.41, 5.74) is 0.377. The quantitative estimate of drug-likeness (QED) is 0.588. The number of carbonyl (C=O) groups excluding carboxylic acids is 1. The summed E-state index contributed by atoms with van der Waals surface area (Å²) < 4.78 is 50.0. The maximum Gasteiger partial charge on any atom is 0.267 e. The second-order valence-electron chi connectivity index (χ2n) is 7.92. The molecule has 180 valence electrons. The highest BCUT2D eigenvalue weighted by Gasteiger charge is 2.24. The maximum atomic E-state index is 14.4. The minimum Gasteiger partial charge on any atom is -0.489 e. The van der Waals surface area contributed by atoms with Gasteiger partial charge < -0.3 is 14.4 Å². The van der Waals surface area contributed by atoms with Crippen molar-refractivity contribution in [2.24, 2.45) is 0 Å². The van der Waals surface area contributed by atoms with Crippen LogP contribution < -0.4 is 19.1 Å². The summed E-state index contributed by atoms with van der Waals surface area (Å²) in [6.45, 7) is 5.10. The number of pyridine rings is 1. The van der Waals surface area contributed by atoms with Crippen LogP contribution in [0.1, 0.15) is 37.0 Å². The Kier molecular flexibility index (Phi) is 7.92. The van der Waals surface area contributed by atoms with Crippen molar-refractivity contribution in [1.82, 2.24) is 9.71 Å². The Morgan fingerprint density at radius 2 is 1.88 bits per heavy atom. The third-order valence-electron chi connectivity index (χ3n) is 4.79. The van der Waals surface area contributed by atoms with Crippen molar-refractivity contribution < 1.29 is 27.1 Å². The Morgan fingerprint density at radius 1 is 1.21 bits per heavy atom. The molecular weight excluding hydrogens is 496 g/mol. The number of nitrogens with one attached hydrogen (secondary N) is 1. The van der Waals surface area contributed by atoms with Gasteiger partial charge in [0.05, 0.1) is 34.8 Å². The summed E-state index contributed by atoms with van der Waals surface area (Å²) in [5.74, 6) is -1.56. The average Bonchev–Trinajstić information content (AvgIpc) is 2.71. The topological polar surface area (TPSA) is 97.8 Å². The molecule has 0 spiro atoms. The predicted octanol–water partition coefficient (Wildman–Crippen LogP) is 4.05. The van der Waals surface area contributed by atoms with Crippen LogP contribution in [0.25, 0.3) is 0 Å². The molecule has 1 aliphatic rings. The molecule has 3 rings (SSSR count). The monoisotopic (exact) mass is 519 g/mol.